The predicted octanol–water partition coefficient (Wildman–Crippen LogP) is 2.43. The molecule has 0 saturated carbocycles. The second-order valence-corrected chi connectivity index (χ2v) is 5.14. The molecule has 0 amide bonds. The van der Waals surface area contributed by atoms with Gasteiger partial charge >= 0.3 is 0 Å². The SMILES string of the molecule is Cc1ccc2[nH]nc(-c3nc([C@H]4CCOC4)no3)c2c1. The molecule has 0 aliphatic carbocycles. The minimum Gasteiger partial charge on any atom is -0.381 e. The van der Waals surface area contributed by atoms with Crippen molar-refractivity contribution in [3.05, 3.63) is 29.6 Å². The smallest absolute Gasteiger partial charge is 0.279 e. The molecule has 3 aromatic rings. The van der Waals surface area contributed by atoms with E-state index in [4.69, 9.17) is 9.26 Å². The minimum atomic E-state index is 0.236. The number of aryl methyl sites for hydroxylation is 1. The number of hydrogen-bond acceptors (Lipinski definition) is 5. The number of fused-ring (bicyclic) bond motifs is 1. The zero-order chi connectivity index (χ0) is 13.5. The fourth-order valence-electron chi connectivity index (χ4n) is 2.53. The molecular weight excluding hydrogens is 256 g/mol. The van der Waals surface area contributed by atoms with Crippen molar-refractivity contribution < 1.29 is 9.26 Å². The highest BCUT2D eigenvalue weighted by Crippen LogP contribution is 2.28. The van der Waals surface area contributed by atoms with Crippen LogP contribution in [-0.2, 0) is 4.74 Å². The molecule has 4 rings (SSSR count). The Labute approximate surface area is 115 Å². The summed E-state index contributed by atoms with van der Waals surface area (Å²) >= 11 is 0. The van der Waals surface area contributed by atoms with Gasteiger partial charge in [0, 0.05) is 17.9 Å². The van der Waals surface area contributed by atoms with Crippen LogP contribution in [0.2, 0.25) is 0 Å². The van der Waals surface area contributed by atoms with E-state index < -0.39 is 0 Å². The maximum absolute atomic E-state index is 5.37. The number of ether oxygens (including phenoxy) is 1. The quantitative estimate of drug-likeness (QED) is 0.773. The van der Waals surface area contributed by atoms with Crippen LogP contribution < -0.4 is 0 Å². The second kappa shape index (κ2) is 4.42. The third-order valence-electron chi connectivity index (χ3n) is 3.66. The van der Waals surface area contributed by atoms with E-state index in [1.165, 1.54) is 5.56 Å². The first-order valence-electron chi connectivity index (χ1n) is 6.68. The van der Waals surface area contributed by atoms with Crippen LogP contribution in [0.5, 0.6) is 0 Å². The van der Waals surface area contributed by atoms with Crippen LogP contribution in [0.1, 0.15) is 23.7 Å². The monoisotopic (exact) mass is 270 g/mol. The number of rotatable bonds is 2. The molecule has 20 heavy (non-hydrogen) atoms. The lowest BCUT2D eigenvalue weighted by Crippen LogP contribution is -1.99. The molecule has 1 aliphatic heterocycles. The molecule has 1 N–H and O–H groups in total. The van der Waals surface area contributed by atoms with E-state index in [-0.39, 0.29) is 5.92 Å². The van der Waals surface area contributed by atoms with E-state index in [1.54, 1.807) is 0 Å². The van der Waals surface area contributed by atoms with Gasteiger partial charge in [0.1, 0.15) is 0 Å². The van der Waals surface area contributed by atoms with Gasteiger partial charge in [0.2, 0.25) is 0 Å². The van der Waals surface area contributed by atoms with Gasteiger partial charge in [-0.05, 0) is 25.5 Å². The molecule has 0 bridgehead atoms. The maximum Gasteiger partial charge on any atom is 0.279 e. The summed E-state index contributed by atoms with van der Waals surface area (Å²) in [5.41, 5.74) is 2.85. The normalized spacial score (nSPS) is 18.9. The highest BCUT2D eigenvalue weighted by molar-refractivity contribution is 5.91. The molecule has 0 radical (unpaired) electrons. The first-order valence-corrected chi connectivity index (χ1v) is 6.68. The Morgan fingerprint density at radius 2 is 2.30 bits per heavy atom. The van der Waals surface area contributed by atoms with Crippen LogP contribution in [-0.4, -0.2) is 33.6 Å². The van der Waals surface area contributed by atoms with Gasteiger partial charge in [-0.25, -0.2) is 0 Å². The molecular formula is C14H14N4O2. The van der Waals surface area contributed by atoms with Crippen molar-refractivity contribution in [1.29, 1.82) is 0 Å². The summed E-state index contributed by atoms with van der Waals surface area (Å²) in [7, 11) is 0. The van der Waals surface area contributed by atoms with E-state index in [0.29, 0.717) is 24.0 Å². The summed E-state index contributed by atoms with van der Waals surface area (Å²) in [6, 6.07) is 6.11. The van der Waals surface area contributed by atoms with E-state index in [0.717, 1.165) is 23.9 Å². The Kier molecular flexibility index (Phi) is 2.56. The fraction of sp³-hybridized carbons (Fsp3) is 0.357. The molecule has 1 atom stereocenters. The van der Waals surface area contributed by atoms with Crippen molar-refractivity contribution >= 4 is 10.9 Å². The van der Waals surface area contributed by atoms with Gasteiger partial charge in [0.05, 0.1) is 12.1 Å². The highest BCUT2D eigenvalue weighted by Gasteiger charge is 2.24. The Morgan fingerprint density at radius 1 is 1.35 bits per heavy atom. The van der Waals surface area contributed by atoms with Gasteiger partial charge in [-0.1, -0.05) is 16.8 Å². The maximum atomic E-state index is 5.37. The lowest BCUT2D eigenvalue weighted by molar-refractivity contribution is 0.192. The number of aromatic amines is 1. The van der Waals surface area contributed by atoms with Crippen molar-refractivity contribution in [2.24, 2.45) is 0 Å². The number of benzene rings is 1. The Balaban J connectivity index is 1.77. The molecule has 6 heteroatoms. The summed E-state index contributed by atoms with van der Waals surface area (Å²) in [5, 5.41) is 12.4. The van der Waals surface area contributed by atoms with Gasteiger partial charge in [-0.3, -0.25) is 5.10 Å². The summed E-state index contributed by atoms with van der Waals surface area (Å²) in [6.45, 7) is 3.48. The van der Waals surface area contributed by atoms with Crippen LogP contribution in [0, 0.1) is 6.92 Å². The molecule has 1 fully saturated rings. The third kappa shape index (κ3) is 1.80. The number of H-pyrrole nitrogens is 1. The van der Waals surface area contributed by atoms with Crippen molar-refractivity contribution in [3.63, 3.8) is 0 Å². The van der Waals surface area contributed by atoms with Crippen LogP contribution in [0.3, 0.4) is 0 Å². The number of nitrogens with one attached hydrogen (secondary N) is 1. The van der Waals surface area contributed by atoms with Crippen LogP contribution in [0.25, 0.3) is 22.5 Å². The van der Waals surface area contributed by atoms with Crippen LogP contribution in [0.4, 0.5) is 0 Å². The molecule has 3 heterocycles. The standard InChI is InChI=1S/C14H14N4O2/c1-8-2-3-11-10(6-8)12(17-16-11)14-15-13(18-20-14)9-4-5-19-7-9/h2-3,6,9H,4-5,7H2,1H3,(H,16,17)/t9-/m0/s1. The van der Waals surface area contributed by atoms with E-state index in [1.807, 2.05) is 19.1 Å². The first-order chi connectivity index (χ1) is 9.81. The lowest BCUT2D eigenvalue weighted by atomic mass is 10.1. The fourth-order valence-corrected chi connectivity index (χ4v) is 2.53. The molecule has 102 valence electrons. The van der Waals surface area contributed by atoms with E-state index in [2.05, 4.69) is 26.4 Å². The zero-order valence-corrected chi connectivity index (χ0v) is 11.1. The summed E-state index contributed by atoms with van der Waals surface area (Å²) in [5.74, 6) is 1.41. The Morgan fingerprint density at radius 3 is 3.15 bits per heavy atom. The summed E-state index contributed by atoms with van der Waals surface area (Å²) in [4.78, 5) is 4.47. The average Bonchev–Trinajstić information content (AvgIpc) is 3.17. The number of aromatic nitrogens is 4. The van der Waals surface area contributed by atoms with E-state index >= 15 is 0 Å². The van der Waals surface area contributed by atoms with Gasteiger partial charge < -0.3 is 9.26 Å². The van der Waals surface area contributed by atoms with Crippen molar-refractivity contribution in [3.8, 4) is 11.6 Å². The topological polar surface area (TPSA) is 76.8 Å². The van der Waals surface area contributed by atoms with E-state index in [9.17, 15) is 0 Å². The minimum absolute atomic E-state index is 0.236. The van der Waals surface area contributed by atoms with Crippen molar-refractivity contribution in [2.75, 3.05) is 13.2 Å². The van der Waals surface area contributed by atoms with Gasteiger partial charge in [-0.2, -0.15) is 10.1 Å². The third-order valence-corrected chi connectivity index (χ3v) is 3.66. The van der Waals surface area contributed by atoms with Gasteiger partial charge in [0.25, 0.3) is 5.89 Å². The molecule has 1 saturated heterocycles. The first kappa shape index (κ1) is 11.6. The molecule has 6 nitrogen and oxygen atoms in total. The van der Waals surface area contributed by atoms with Gasteiger partial charge in [0.15, 0.2) is 11.5 Å². The van der Waals surface area contributed by atoms with Crippen LogP contribution in [0.15, 0.2) is 22.7 Å². The Bertz CT molecular complexity index is 755. The van der Waals surface area contributed by atoms with Crippen molar-refractivity contribution in [2.45, 2.75) is 19.3 Å². The van der Waals surface area contributed by atoms with Crippen LogP contribution >= 0.6 is 0 Å². The highest BCUT2D eigenvalue weighted by atomic mass is 16.5. The number of nitrogens with zero attached hydrogens (tertiary/aromatic N) is 3. The summed E-state index contributed by atoms with van der Waals surface area (Å²) in [6.07, 6.45) is 0.944. The molecule has 1 aliphatic rings. The second-order valence-electron chi connectivity index (χ2n) is 5.14. The van der Waals surface area contributed by atoms with Gasteiger partial charge in [-0.15, -0.1) is 0 Å². The molecule has 1 aromatic carbocycles. The van der Waals surface area contributed by atoms with Crippen molar-refractivity contribution in [1.82, 2.24) is 20.3 Å². The lowest BCUT2D eigenvalue weighted by Gasteiger charge is -1.97. The molecule has 2 aromatic heterocycles. The molecule has 0 spiro atoms. The average molecular weight is 270 g/mol. The molecule has 0 unspecified atom stereocenters. The largest absolute Gasteiger partial charge is 0.381 e. The summed E-state index contributed by atoms with van der Waals surface area (Å²) < 4.78 is 10.7. The predicted molar refractivity (Wildman–Crippen MR) is 72.3 cm³/mol. The zero-order valence-electron chi connectivity index (χ0n) is 11.1. The number of hydrogen-bond donors (Lipinski definition) is 1. The Hall–Kier alpha value is -2.21.